The first-order valence-electron chi connectivity index (χ1n) is 8.82. The Bertz CT molecular complexity index is 198. The fourth-order valence-corrected chi connectivity index (χ4v) is 2.81. The molecule has 0 rings (SSSR count). The van der Waals surface area contributed by atoms with E-state index in [4.69, 9.17) is 15.9 Å². The lowest BCUT2D eigenvalue weighted by molar-refractivity contribution is 0.00726. The zero-order valence-electron chi connectivity index (χ0n) is 13.7. The summed E-state index contributed by atoms with van der Waals surface area (Å²) in [4.78, 5) is 0. The zero-order valence-corrected chi connectivity index (χ0v) is 13.7. The molecule has 0 amide bonds. The minimum atomic E-state index is -0.534. The van der Waals surface area contributed by atoms with Crippen LogP contribution in [0.1, 0.15) is 83.5 Å². The van der Waals surface area contributed by atoms with Crippen LogP contribution in [-0.4, -0.2) is 40.7 Å². The normalized spacial score (nSPS) is 12.0. The molecule has 0 spiro atoms. The number of aliphatic hydroxyl groups excluding tert-OH is 2. The van der Waals surface area contributed by atoms with Crippen molar-refractivity contribution in [2.24, 2.45) is 5.73 Å². The highest BCUT2D eigenvalue weighted by Gasteiger charge is 2.24. The number of aliphatic hydroxyl groups is 3. The quantitative estimate of drug-likeness (QED) is 0.330. The Morgan fingerprint density at radius 1 is 0.571 bits per heavy atom. The van der Waals surface area contributed by atoms with Crippen molar-refractivity contribution in [1.29, 1.82) is 0 Å². The van der Waals surface area contributed by atoms with Gasteiger partial charge in [-0.2, -0.15) is 0 Å². The first-order chi connectivity index (χ1) is 10.2. The average molecular weight is 303 g/mol. The molecule has 0 aliphatic heterocycles. The number of hydrogen-bond acceptors (Lipinski definition) is 4. The molecule has 0 heterocycles. The molecule has 0 saturated carbocycles. The van der Waals surface area contributed by atoms with E-state index >= 15 is 0 Å². The summed E-state index contributed by atoms with van der Waals surface area (Å²) in [5, 5.41) is 28.4. The second-order valence-electron chi connectivity index (χ2n) is 6.25. The van der Waals surface area contributed by atoms with Crippen LogP contribution in [-0.2, 0) is 0 Å². The van der Waals surface area contributed by atoms with Crippen LogP contribution in [0.3, 0.4) is 0 Å². The van der Waals surface area contributed by atoms with E-state index in [1.165, 1.54) is 0 Å². The summed E-state index contributed by atoms with van der Waals surface area (Å²) >= 11 is 0. The van der Waals surface area contributed by atoms with Crippen molar-refractivity contribution in [3.63, 3.8) is 0 Å². The third-order valence-electron chi connectivity index (χ3n) is 4.20. The minimum Gasteiger partial charge on any atom is -0.396 e. The molecule has 0 aliphatic rings. The Morgan fingerprint density at radius 2 is 0.952 bits per heavy atom. The second kappa shape index (κ2) is 14.8. The van der Waals surface area contributed by atoms with Gasteiger partial charge in [0.25, 0.3) is 0 Å². The summed E-state index contributed by atoms with van der Waals surface area (Å²) in [5.74, 6) is 0. The van der Waals surface area contributed by atoms with Crippen LogP contribution in [0.25, 0.3) is 0 Å². The predicted octanol–water partition coefficient (Wildman–Crippen LogP) is 2.73. The van der Waals surface area contributed by atoms with Gasteiger partial charge in [0.15, 0.2) is 0 Å². The van der Waals surface area contributed by atoms with Crippen molar-refractivity contribution in [3.8, 4) is 0 Å². The highest BCUT2D eigenvalue weighted by Crippen LogP contribution is 2.28. The highest BCUT2D eigenvalue weighted by molar-refractivity contribution is 4.78. The van der Waals surface area contributed by atoms with Gasteiger partial charge in [0.1, 0.15) is 0 Å². The van der Waals surface area contributed by atoms with Crippen LogP contribution in [0.2, 0.25) is 0 Å². The van der Waals surface area contributed by atoms with E-state index in [0.29, 0.717) is 6.54 Å². The van der Waals surface area contributed by atoms with Gasteiger partial charge in [0, 0.05) is 13.2 Å². The van der Waals surface area contributed by atoms with Crippen molar-refractivity contribution in [1.82, 2.24) is 0 Å². The smallest absolute Gasteiger partial charge is 0.0647 e. The van der Waals surface area contributed by atoms with Crippen LogP contribution in [0, 0.1) is 0 Å². The second-order valence-corrected chi connectivity index (χ2v) is 6.25. The van der Waals surface area contributed by atoms with Crippen molar-refractivity contribution in [2.75, 3.05) is 19.8 Å². The van der Waals surface area contributed by atoms with Crippen molar-refractivity contribution < 1.29 is 15.3 Å². The van der Waals surface area contributed by atoms with Crippen molar-refractivity contribution in [2.45, 2.75) is 89.1 Å². The van der Waals surface area contributed by atoms with Crippen LogP contribution in [0.5, 0.6) is 0 Å². The van der Waals surface area contributed by atoms with E-state index in [1.807, 2.05) is 0 Å². The first-order valence-corrected chi connectivity index (χ1v) is 8.82. The van der Waals surface area contributed by atoms with E-state index in [9.17, 15) is 5.11 Å². The highest BCUT2D eigenvalue weighted by atomic mass is 16.3. The fraction of sp³-hybridized carbons (Fsp3) is 1.00. The lowest BCUT2D eigenvalue weighted by Crippen LogP contribution is -2.29. The molecule has 0 aromatic carbocycles. The van der Waals surface area contributed by atoms with Crippen LogP contribution >= 0.6 is 0 Å². The van der Waals surface area contributed by atoms with Crippen LogP contribution in [0.15, 0.2) is 0 Å². The summed E-state index contributed by atoms with van der Waals surface area (Å²) in [6, 6.07) is 0. The Morgan fingerprint density at radius 3 is 1.33 bits per heavy atom. The predicted molar refractivity (Wildman–Crippen MR) is 88.2 cm³/mol. The maximum absolute atomic E-state index is 10.8. The third kappa shape index (κ3) is 13.2. The first kappa shape index (κ1) is 20.8. The molecule has 0 fully saturated rings. The van der Waals surface area contributed by atoms with Gasteiger partial charge < -0.3 is 21.1 Å². The van der Waals surface area contributed by atoms with Crippen LogP contribution in [0.4, 0.5) is 0 Å². The van der Waals surface area contributed by atoms with E-state index in [0.717, 1.165) is 83.5 Å². The van der Waals surface area contributed by atoms with Crippen molar-refractivity contribution >= 4 is 0 Å². The van der Waals surface area contributed by atoms with Gasteiger partial charge in [-0.3, -0.25) is 0 Å². The summed E-state index contributed by atoms with van der Waals surface area (Å²) in [7, 11) is 0. The number of unbranched alkanes of at least 4 members (excludes halogenated alkanes) is 7. The molecule has 128 valence electrons. The fourth-order valence-electron chi connectivity index (χ4n) is 2.81. The van der Waals surface area contributed by atoms with Gasteiger partial charge in [-0.1, -0.05) is 38.5 Å². The number of hydrogen-bond donors (Lipinski definition) is 4. The molecular weight excluding hydrogens is 266 g/mol. The molecule has 0 atom stereocenters. The molecule has 4 heteroatoms. The van der Waals surface area contributed by atoms with E-state index < -0.39 is 5.60 Å². The van der Waals surface area contributed by atoms with Gasteiger partial charge in [-0.15, -0.1) is 0 Å². The molecule has 0 aromatic heterocycles. The Balaban J connectivity index is 3.95. The average Bonchev–Trinajstić information content (AvgIpc) is 2.47. The maximum Gasteiger partial charge on any atom is 0.0647 e. The Labute approximate surface area is 130 Å². The third-order valence-corrected chi connectivity index (χ3v) is 4.20. The standard InChI is InChI=1S/C17H37NO3/c18-14-8-7-13-17(21,11-5-1-3-9-15-19)12-6-2-4-10-16-20/h19-21H,1-16,18H2. The summed E-state index contributed by atoms with van der Waals surface area (Å²) in [6.07, 6.45) is 12.6. The van der Waals surface area contributed by atoms with Gasteiger partial charge in [-0.25, -0.2) is 0 Å². The van der Waals surface area contributed by atoms with E-state index in [1.54, 1.807) is 0 Å². The maximum atomic E-state index is 10.8. The summed E-state index contributed by atoms with van der Waals surface area (Å²) in [5.41, 5.74) is 5.00. The van der Waals surface area contributed by atoms with Crippen molar-refractivity contribution in [3.05, 3.63) is 0 Å². The van der Waals surface area contributed by atoms with Gasteiger partial charge >= 0.3 is 0 Å². The molecular formula is C17H37NO3. The topological polar surface area (TPSA) is 86.7 Å². The molecule has 21 heavy (non-hydrogen) atoms. The lowest BCUT2D eigenvalue weighted by atomic mass is 9.85. The van der Waals surface area contributed by atoms with Crippen LogP contribution < -0.4 is 5.73 Å². The number of rotatable bonds is 16. The minimum absolute atomic E-state index is 0.269. The van der Waals surface area contributed by atoms with Gasteiger partial charge in [0.05, 0.1) is 5.60 Å². The molecule has 0 bridgehead atoms. The molecule has 4 nitrogen and oxygen atoms in total. The monoisotopic (exact) mass is 303 g/mol. The van der Waals surface area contributed by atoms with Gasteiger partial charge in [0.2, 0.25) is 0 Å². The Kier molecular flexibility index (Phi) is 14.7. The summed E-state index contributed by atoms with van der Waals surface area (Å²) in [6.45, 7) is 1.24. The Hall–Kier alpha value is -0.160. The molecule has 0 aromatic rings. The SMILES string of the molecule is NCCCCC(O)(CCCCCCO)CCCCCCO. The van der Waals surface area contributed by atoms with E-state index in [-0.39, 0.29) is 13.2 Å². The molecule has 5 N–H and O–H groups in total. The molecule has 0 unspecified atom stereocenters. The van der Waals surface area contributed by atoms with Gasteiger partial charge in [-0.05, 0) is 51.5 Å². The lowest BCUT2D eigenvalue weighted by Gasteiger charge is -2.28. The number of nitrogens with two attached hydrogens (primary N) is 1. The zero-order chi connectivity index (χ0) is 15.8. The van der Waals surface area contributed by atoms with E-state index in [2.05, 4.69) is 0 Å². The summed E-state index contributed by atoms with van der Waals surface area (Å²) < 4.78 is 0. The molecule has 0 aliphatic carbocycles. The molecule has 0 saturated heterocycles. The molecule has 0 radical (unpaired) electrons. The largest absolute Gasteiger partial charge is 0.396 e.